The number of hydrogen-bond donors (Lipinski definition) is 2. The van der Waals surface area contributed by atoms with E-state index in [1.54, 1.807) is 30.3 Å². The van der Waals surface area contributed by atoms with Crippen LogP contribution in [0.2, 0.25) is 5.02 Å². The Morgan fingerprint density at radius 2 is 1.74 bits per heavy atom. The van der Waals surface area contributed by atoms with Gasteiger partial charge in [-0.3, -0.25) is 14.6 Å². The number of benzene rings is 2. The lowest BCUT2D eigenvalue weighted by Crippen LogP contribution is -2.24. The molecule has 0 bridgehead atoms. The van der Waals surface area contributed by atoms with E-state index >= 15 is 0 Å². The molecule has 0 atom stereocenters. The van der Waals surface area contributed by atoms with Gasteiger partial charge in [0, 0.05) is 18.3 Å². The van der Waals surface area contributed by atoms with Gasteiger partial charge in [-0.2, -0.15) is 0 Å². The molecule has 3 rings (SSSR count). The molecular formula is C21H18ClN3O2. The van der Waals surface area contributed by atoms with Gasteiger partial charge in [0.25, 0.3) is 11.8 Å². The number of pyridine rings is 1. The van der Waals surface area contributed by atoms with Crippen LogP contribution >= 0.6 is 11.6 Å². The molecule has 0 spiro atoms. The third kappa shape index (κ3) is 4.71. The summed E-state index contributed by atoms with van der Waals surface area (Å²) in [6.07, 6.45) is 1.43. The standard InChI is InChI=1S/C21H18ClN3O2/c1-14-6-2-3-7-16(14)13-24-20(26)15-10-11-23-19(12-15)21(27)25-18-9-5-4-8-17(18)22/h2-12H,13H2,1H3,(H,24,26)(H,25,27). The van der Waals surface area contributed by atoms with Crippen molar-refractivity contribution in [2.75, 3.05) is 5.32 Å². The maximum Gasteiger partial charge on any atom is 0.274 e. The van der Waals surface area contributed by atoms with Gasteiger partial charge >= 0.3 is 0 Å². The summed E-state index contributed by atoms with van der Waals surface area (Å²) in [6, 6.07) is 17.8. The molecule has 1 heterocycles. The molecule has 0 aliphatic carbocycles. The van der Waals surface area contributed by atoms with Crippen LogP contribution in [0.4, 0.5) is 5.69 Å². The molecule has 0 saturated carbocycles. The van der Waals surface area contributed by atoms with Crippen molar-refractivity contribution in [3.63, 3.8) is 0 Å². The fourth-order valence-corrected chi connectivity index (χ4v) is 2.71. The van der Waals surface area contributed by atoms with Crippen LogP contribution in [0.1, 0.15) is 32.0 Å². The van der Waals surface area contributed by atoms with Gasteiger partial charge in [0.2, 0.25) is 0 Å². The van der Waals surface area contributed by atoms with E-state index in [0.29, 0.717) is 22.8 Å². The Morgan fingerprint density at radius 1 is 1.00 bits per heavy atom. The fraction of sp³-hybridized carbons (Fsp3) is 0.0952. The zero-order chi connectivity index (χ0) is 19.2. The van der Waals surface area contributed by atoms with Gasteiger partial charge in [-0.15, -0.1) is 0 Å². The topological polar surface area (TPSA) is 71.1 Å². The lowest BCUT2D eigenvalue weighted by atomic mass is 10.1. The number of aryl methyl sites for hydroxylation is 1. The summed E-state index contributed by atoms with van der Waals surface area (Å²) < 4.78 is 0. The molecule has 0 saturated heterocycles. The van der Waals surface area contributed by atoms with E-state index in [1.165, 1.54) is 12.3 Å². The molecular weight excluding hydrogens is 362 g/mol. The second kappa shape index (κ2) is 8.47. The summed E-state index contributed by atoms with van der Waals surface area (Å²) in [5.41, 5.74) is 3.13. The van der Waals surface area contributed by atoms with Crippen LogP contribution < -0.4 is 10.6 Å². The lowest BCUT2D eigenvalue weighted by Gasteiger charge is -2.09. The third-order valence-electron chi connectivity index (χ3n) is 4.08. The molecule has 5 nitrogen and oxygen atoms in total. The predicted molar refractivity (Wildman–Crippen MR) is 106 cm³/mol. The molecule has 3 aromatic rings. The summed E-state index contributed by atoms with van der Waals surface area (Å²) in [5, 5.41) is 5.98. The summed E-state index contributed by atoms with van der Waals surface area (Å²) >= 11 is 6.05. The average molecular weight is 380 g/mol. The second-order valence-corrected chi connectivity index (χ2v) is 6.38. The third-order valence-corrected chi connectivity index (χ3v) is 4.41. The highest BCUT2D eigenvalue weighted by molar-refractivity contribution is 6.33. The number of amides is 2. The highest BCUT2D eigenvalue weighted by Gasteiger charge is 2.13. The van der Waals surface area contributed by atoms with E-state index in [1.807, 2.05) is 31.2 Å². The van der Waals surface area contributed by atoms with Crippen LogP contribution in [0.5, 0.6) is 0 Å². The van der Waals surface area contributed by atoms with Gasteiger partial charge in [-0.05, 0) is 42.3 Å². The smallest absolute Gasteiger partial charge is 0.274 e. The number of hydrogen-bond acceptors (Lipinski definition) is 3. The maximum atomic E-state index is 12.4. The van der Waals surface area contributed by atoms with E-state index in [9.17, 15) is 9.59 Å². The first-order chi connectivity index (χ1) is 13.0. The van der Waals surface area contributed by atoms with Gasteiger partial charge in [-0.25, -0.2) is 0 Å². The van der Waals surface area contributed by atoms with Crippen LogP contribution in [-0.4, -0.2) is 16.8 Å². The number of nitrogens with zero attached hydrogens (tertiary/aromatic N) is 1. The van der Waals surface area contributed by atoms with Gasteiger partial charge in [0.15, 0.2) is 0 Å². The van der Waals surface area contributed by atoms with Gasteiger partial charge < -0.3 is 10.6 Å². The largest absolute Gasteiger partial charge is 0.348 e. The minimum atomic E-state index is -0.434. The van der Waals surface area contributed by atoms with Gasteiger partial charge in [-0.1, -0.05) is 48.0 Å². The first kappa shape index (κ1) is 18.6. The number of carbonyl (C=O) groups excluding carboxylic acids is 2. The second-order valence-electron chi connectivity index (χ2n) is 5.97. The Bertz CT molecular complexity index is 988. The number of rotatable bonds is 5. The fourth-order valence-electron chi connectivity index (χ4n) is 2.53. The van der Waals surface area contributed by atoms with E-state index in [2.05, 4.69) is 15.6 Å². The minimum Gasteiger partial charge on any atom is -0.348 e. The summed E-state index contributed by atoms with van der Waals surface area (Å²) in [5.74, 6) is -0.705. The molecule has 0 radical (unpaired) electrons. The van der Waals surface area contributed by atoms with Crippen LogP contribution in [0.15, 0.2) is 66.9 Å². The quantitative estimate of drug-likeness (QED) is 0.697. The predicted octanol–water partition coefficient (Wildman–Crippen LogP) is 4.23. The zero-order valence-corrected chi connectivity index (χ0v) is 15.5. The van der Waals surface area contributed by atoms with Crippen molar-refractivity contribution in [3.05, 3.63) is 94.3 Å². The molecule has 0 aliphatic rings. The number of carbonyl (C=O) groups is 2. The summed E-state index contributed by atoms with van der Waals surface area (Å²) in [7, 11) is 0. The molecule has 136 valence electrons. The Hall–Kier alpha value is -3.18. The normalized spacial score (nSPS) is 10.3. The van der Waals surface area contributed by atoms with Crippen molar-refractivity contribution in [3.8, 4) is 0 Å². The van der Waals surface area contributed by atoms with Gasteiger partial charge in [0.1, 0.15) is 5.69 Å². The monoisotopic (exact) mass is 379 g/mol. The average Bonchev–Trinajstić information content (AvgIpc) is 2.69. The van der Waals surface area contributed by atoms with Crippen molar-refractivity contribution in [1.29, 1.82) is 0 Å². The van der Waals surface area contributed by atoms with Crippen molar-refractivity contribution in [1.82, 2.24) is 10.3 Å². The number of para-hydroxylation sites is 1. The van der Waals surface area contributed by atoms with Crippen LogP contribution in [-0.2, 0) is 6.54 Å². The van der Waals surface area contributed by atoms with E-state index in [-0.39, 0.29) is 11.6 Å². The number of halogens is 1. The first-order valence-electron chi connectivity index (χ1n) is 8.39. The van der Waals surface area contributed by atoms with E-state index in [0.717, 1.165) is 11.1 Å². The van der Waals surface area contributed by atoms with Crippen LogP contribution in [0, 0.1) is 6.92 Å². The van der Waals surface area contributed by atoms with Crippen LogP contribution in [0.3, 0.4) is 0 Å². The van der Waals surface area contributed by atoms with Crippen molar-refractivity contribution < 1.29 is 9.59 Å². The number of aromatic nitrogens is 1. The zero-order valence-electron chi connectivity index (χ0n) is 14.7. The molecule has 1 aromatic heterocycles. The Morgan fingerprint density at radius 3 is 2.52 bits per heavy atom. The van der Waals surface area contributed by atoms with Crippen molar-refractivity contribution in [2.45, 2.75) is 13.5 Å². The van der Waals surface area contributed by atoms with Gasteiger partial charge in [0.05, 0.1) is 10.7 Å². The number of nitrogens with one attached hydrogen (secondary N) is 2. The molecule has 0 unspecified atom stereocenters. The highest BCUT2D eigenvalue weighted by Crippen LogP contribution is 2.21. The molecule has 2 N–H and O–H groups in total. The molecule has 6 heteroatoms. The highest BCUT2D eigenvalue weighted by atomic mass is 35.5. The Labute approximate surface area is 162 Å². The molecule has 0 fully saturated rings. The Kier molecular flexibility index (Phi) is 5.84. The molecule has 2 amide bonds. The van der Waals surface area contributed by atoms with Crippen LogP contribution in [0.25, 0.3) is 0 Å². The molecule has 0 aliphatic heterocycles. The molecule has 2 aromatic carbocycles. The van der Waals surface area contributed by atoms with Crippen molar-refractivity contribution >= 4 is 29.1 Å². The van der Waals surface area contributed by atoms with Crippen molar-refractivity contribution in [2.24, 2.45) is 0 Å². The maximum absolute atomic E-state index is 12.4. The minimum absolute atomic E-state index is 0.137. The van der Waals surface area contributed by atoms with E-state index < -0.39 is 5.91 Å². The van der Waals surface area contributed by atoms with E-state index in [4.69, 9.17) is 11.6 Å². The SMILES string of the molecule is Cc1ccccc1CNC(=O)c1ccnc(C(=O)Nc2ccccc2Cl)c1. The Balaban J connectivity index is 1.69. The summed E-state index contributed by atoms with van der Waals surface area (Å²) in [6.45, 7) is 2.40. The number of anilines is 1. The molecule has 27 heavy (non-hydrogen) atoms. The lowest BCUT2D eigenvalue weighted by molar-refractivity contribution is 0.0950. The summed E-state index contributed by atoms with van der Waals surface area (Å²) in [4.78, 5) is 28.9. The first-order valence-corrected chi connectivity index (χ1v) is 8.77.